The Morgan fingerprint density at radius 3 is 2.04 bits per heavy atom. The predicted molar refractivity (Wildman–Crippen MR) is 78.3 cm³/mol. The molecule has 2 aromatic carbocycles. The molecule has 0 heterocycles. The van der Waals surface area contributed by atoms with Crippen LogP contribution in [0, 0.1) is 13.8 Å². The van der Waals surface area contributed by atoms with Gasteiger partial charge < -0.3 is 9.47 Å². The summed E-state index contributed by atoms with van der Waals surface area (Å²) < 4.78 is 71.8. The van der Waals surface area contributed by atoms with E-state index in [-0.39, 0.29) is 6.61 Å². The Bertz CT molecular complexity index is 690. The SMILES string of the molecule is Cc1cccc(C)c1OCc1cccc(OC(F)(F)C(F)(F)F)c1. The molecule has 24 heavy (non-hydrogen) atoms. The van der Waals surface area contributed by atoms with Crippen molar-refractivity contribution >= 4 is 0 Å². The van der Waals surface area contributed by atoms with Crippen molar-refractivity contribution in [2.75, 3.05) is 0 Å². The molecule has 0 aliphatic carbocycles. The molecule has 0 saturated carbocycles. The smallest absolute Gasteiger partial charge is 0.488 e. The molecule has 2 rings (SSSR count). The summed E-state index contributed by atoms with van der Waals surface area (Å²) in [6.45, 7) is 3.72. The van der Waals surface area contributed by atoms with E-state index in [0.29, 0.717) is 11.3 Å². The molecule has 0 bridgehead atoms. The van der Waals surface area contributed by atoms with Crippen LogP contribution in [0.15, 0.2) is 42.5 Å². The highest BCUT2D eigenvalue weighted by atomic mass is 19.4. The topological polar surface area (TPSA) is 18.5 Å². The minimum absolute atomic E-state index is 0.0144. The molecule has 0 radical (unpaired) electrons. The van der Waals surface area contributed by atoms with Gasteiger partial charge in [-0.1, -0.05) is 30.3 Å². The zero-order valence-electron chi connectivity index (χ0n) is 13.0. The second-order valence-corrected chi connectivity index (χ2v) is 5.27. The number of ether oxygens (including phenoxy) is 2. The van der Waals surface area contributed by atoms with Crippen LogP contribution in [0.5, 0.6) is 11.5 Å². The molecule has 0 amide bonds. The van der Waals surface area contributed by atoms with Crippen LogP contribution in [0.3, 0.4) is 0 Å². The van der Waals surface area contributed by atoms with Gasteiger partial charge in [-0.3, -0.25) is 0 Å². The minimum Gasteiger partial charge on any atom is -0.488 e. The Kier molecular flexibility index (Phi) is 5.01. The number of alkyl halides is 5. The average molecular weight is 346 g/mol. The van der Waals surface area contributed by atoms with E-state index in [4.69, 9.17) is 4.74 Å². The van der Waals surface area contributed by atoms with Gasteiger partial charge in [-0.2, -0.15) is 22.0 Å². The Hall–Kier alpha value is -2.31. The number of para-hydroxylation sites is 1. The molecular formula is C17H15F5O2. The zero-order chi connectivity index (χ0) is 18.0. The van der Waals surface area contributed by atoms with Gasteiger partial charge in [-0.15, -0.1) is 0 Å². The molecule has 0 aliphatic heterocycles. The van der Waals surface area contributed by atoms with Crippen molar-refractivity contribution in [3.05, 3.63) is 59.2 Å². The molecule has 0 spiro atoms. The van der Waals surface area contributed by atoms with Gasteiger partial charge in [-0.05, 0) is 42.7 Å². The van der Waals surface area contributed by atoms with Gasteiger partial charge in [0, 0.05) is 0 Å². The molecule has 0 unspecified atom stereocenters. The second kappa shape index (κ2) is 6.67. The monoisotopic (exact) mass is 346 g/mol. The van der Waals surface area contributed by atoms with Crippen molar-refractivity contribution in [2.24, 2.45) is 0 Å². The van der Waals surface area contributed by atoms with Gasteiger partial charge in [0.25, 0.3) is 0 Å². The molecule has 2 nitrogen and oxygen atoms in total. The number of halogens is 5. The molecule has 0 N–H and O–H groups in total. The molecule has 7 heteroatoms. The van der Waals surface area contributed by atoms with Crippen LogP contribution in [0.4, 0.5) is 22.0 Å². The predicted octanol–water partition coefficient (Wildman–Crippen LogP) is 5.42. The van der Waals surface area contributed by atoms with Crippen molar-refractivity contribution < 1.29 is 31.4 Å². The summed E-state index contributed by atoms with van der Waals surface area (Å²) in [5.41, 5.74) is 2.20. The van der Waals surface area contributed by atoms with E-state index in [2.05, 4.69) is 4.74 Å². The quantitative estimate of drug-likeness (QED) is 0.674. The summed E-state index contributed by atoms with van der Waals surface area (Å²) in [7, 11) is 0. The molecule has 0 atom stereocenters. The second-order valence-electron chi connectivity index (χ2n) is 5.27. The highest BCUT2D eigenvalue weighted by Gasteiger charge is 2.61. The van der Waals surface area contributed by atoms with E-state index in [0.717, 1.165) is 23.3 Å². The third-order valence-corrected chi connectivity index (χ3v) is 3.27. The Labute approximate surface area is 135 Å². The van der Waals surface area contributed by atoms with Crippen LogP contribution in [0.2, 0.25) is 0 Å². The summed E-state index contributed by atoms with van der Waals surface area (Å²) in [6.07, 6.45) is -11.0. The van der Waals surface area contributed by atoms with Gasteiger partial charge in [0.15, 0.2) is 0 Å². The lowest BCUT2D eigenvalue weighted by Crippen LogP contribution is -2.41. The fraction of sp³-hybridized carbons (Fsp3) is 0.294. The van der Waals surface area contributed by atoms with E-state index in [1.807, 2.05) is 32.0 Å². The first-order valence-electron chi connectivity index (χ1n) is 7.01. The maximum atomic E-state index is 12.9. The lowest BCUT2D eigenvalue weighted by Gasteiger charge is -2.20. The first-order chi connectivity index (χ1) is 11.1. The van der Waals surface area contributed by atoms with Gasteiger partial charge in [0.05, 0.1) is 0 Å². The molecular weight excluding hydrogens is 331 g/mol. The van der Waals surface area contributed by atoms with Crippen molar-refractivity contribution in [3.8, 4) is 11.5 Å². The van der Waals surface area contributed by atoms with E-state index in [1.165, 1.54) is 6.07 Å². The summed E-state index contributed by atoms with van der Waals surface area (Å²) in [4.78, 5) is 0. The first-order valence-corrected chi connectivity index (χ1v) is 7.01. The summed E-state index contributed by atoms with van der Waals surface area (Å²) in [5.74, 6) is 0.0596. The first kappa shape index (κ1) is 18.0. The van der Waals surface area contributed by atoms with Crippen molar-refractivity contribution in [1.29, 1.82) is 0 Å². The van der Waals surface area contributed by atoms with Crippen molar-refractivity contribution in [2.45, 2.75) is 32.7 Å². The van der Waals surface area contributed by atoms with Crippen LogP contribution in [-0.4, -0.2) is 12.3 Å². The van der Waals surface area contributed by atoms with Crippen molar-refractivity contribution in [3.63, 3.8) is 0 Å². The molecule has 0 saturated heterocycles. The molecule has 0 aliphatic rings. The maximum absolute atomic E-state index is 12.9. The number of rotatable bonds is 5. The Morgan fingerprint density at radius 2 is 1.46 bits per heavy atom. The highest BCUT2D eigenvalue weighted by molar-refractivity contribution is 5.40. The van der Waals surface area contributed by atoms with Crippen LogP contribution in [0.25, 0.3) is 0 Å². The normalized spacial score (nSPS) is 12.1. The van der Waals surface area contributed by atoms with Crippen LogP contribution in [0.1, 0.15) is 16.7 Å². The van der Waals surface area contributed by atoms with Crippen LogP contribution < -0.4 is 9.47 Å². The van der Waals surface area contributed by atoms with E-state index < -0.39 is 18.0 Å². The molecule has 0 fully saturated rings. The molecule has 2 aromatic rings. The van der Waals surface area contributed by atoms with E-state index in [9.17, 15) is 22.0 Å². The number of hydrogen-bond donors (Lipinski definition) is 0. The standard InChI is InChI=1S/C17H15F5O2/c1-11-5-3-6-12(2)15(11)23-10-13-7-4-8-14(9-13)24-17(21,22)16(18,19)20/h3-9H,10H2,1-2H3. The largest absolute Gasteiger partial charge is 0.499 e. The van der Waals surface area contributed by atoms with Gasteiger partial charge in [-0.25, -0.2) is 0 Å². The number of aryl methyl sites for hydroxylation is 2. The Morgan fingerprint density at radius 1 is 0.875 bits per heavy atom. The van der Waals surface area contributed by atoms with Crippen LogP contribution in [-0.2, 0) is 6.61 Å². The number of hydrogen-bond acceptors (Lipinski definition) is 2. The van der Waals surface area contributed by atoms with Gasteiger partial charge in [0.2, 0.25) is 0 Å². The van der Waals surface area contributed by atoms with E-state index in [1.54, 1.807) is 6.07 Å². The maximum Gasteiger partial charge on any atom is 0.499 e. The summed E-state index contributed by atoms with van der Waals surface area (Å²) in [5, 5.41) is 0. The zero-order valence-corrected chi connectivity index (χ0v) is 13.0. The van der Waals surface area contributed by atoms with E-state index >= 15 is 0 Å². The lowest BCUT2D eigenvalue weighted by atomic mass is 10.1. The third-order valence-electron chi connectivity index (χ3n) is 3.27. The number of benzene rings is 2. The third kappa shape index (κ3) is 4.15. The van der Waals surface area contributed by atoms with Crippen molar-refractivity contribution in [1.82, 2.24) is 0 Å². The summed E-state index contributed by atoms with van der Waals surface area (Å²) >= 11 is 0. The van der Waals surface area contributed by atoms with Crippen LogP contribution >= 0.6 is 0 Å². The fourth-order valence-electron chi connectivity index (χ4n) is 2.09. The highest BCUT2D eigenvalue weighted by Crippen LogP contribution is 2.37. The molecule has 0 aromatic heterocycles. The average Bonchev–Trinajstić information content (AvgIpc) is 2.45. The molecule has 130 valence electrons. The lowest BCUT2D eigenvalue weighted by molar-refractivity contribution is -0.360. The Balaban J connectivity index is 2.11. The fourth-order valence-corrected chi connectivity index (χ4v) is 2.09. The summed E-state index contributed by atoms with van der Waals surface area (Å²) in [6, 6.07) is 10.6. The van der Waals surface area contributed by atoms with Gasteiger partial charge in [0.1, 0.15) is 18.1 Å². The minimum atomic E-state index is -5.78. The van der Waals surface area contributed by atoms with Gasteiger partial charge >= 0.3 is 12.3 Å².